The number of amides is 1. The number of hydrogen-bond donors (Lipinski definition) is 1. The van der Waals surface area contributed by atoms with Gasteiger partial charge in [-0.25, -0.2) is 4.98 Å². The number of aryl methyl sites for hydroxylation is 1. The fourth-order valence-electron chi connectivity index (χ4n) is 2.64. The summed E-state index contributed by atoms with van der Waals surface area (Å²) in [6.07, 6.45) is 3.49. The molecule has 7 heteroatoms. The van der Waals surface area contributed by atoms with Crippen LogP contribution in [0.1, 0.15) is 10.4 Å². The summed E-state index contributed by atoms with van der Waals surface area (Å²) in [4.78, 5) is 21.8. The number of rotatable bonds is 7. The molecule has 0 spiro atoms. The van der Waals surface area contributed by atoms with E-state index in [4.69, 9.17) is 9.72 Å². The summed E-state index contributed by atoms with van der Waals surface area (Å²) in [6.45, 7) is 3.50. The van der Waals surface area contributed by atoms with Gasteiger partial charge >= 0.3 is 0 Å². The number of nitrogens with zero attached hydrogens (tertiary/aromatic N) is 2. The number of aromatic nitrogens is 1. The van der Waals surface area contributed by atoms with Gasteiger partial charge in [-0.2, -0.15) is 0 Å². The third kappa shape index (κ3) is 4.55. The Morgan fingerprint density at radius 1 is 1.33 bits per heavy atom. The van der Waals surface area contributed by atoms with Gasteiger partial charge in [0.25, 0.3) is 5.91 Å². The highest BCUT2D eigenvalue weighted by atomic mass is 32.1. The molecule has 27 heavy (non-hydrogen) atoms. The number of thiazole rings is 1. The molecule has 0 saturated carbocycles. The van der Waals surface area contributed by atoms with E-state index in [1.54, 1.807) is 29.4 Å². The molecule has 0 aliphatic heterocycles. The van der Waals surface area contributed by atoms with Crippen LogP contribution in [0.5, 0.6) is 5.75 Å². The number of hydrogen-bond acceptors (Lipinski definition) is 5. The Labute approximate surface area is 167 Å². The van der Waals surface area contributed by atoms with Gasteiger partial charge in [0, 0.05) is 11.0 Å². The average molecular weight is 403 g/mol. The molecular formula is C20H24N3O2S2+. The van der Waals surface area contributed by atoms with Gasteiger partial charge in [0.1, 0.15) is 11.3 Å². The largest absolute Gasteiger partial charge is 0.494 e. The second kappa shape index (κ2) is 8.65. The van der Waals surface area contributed by atoms with Crippen LogP contribution in [0.3, 0.4) is 0 Å². The number of thiophene rings is 1. The summed E-state index contributed by atoms with van der Waals surface area (Å²) in [6, 6.07) is 7.92. The van der Waals surface area contributed by atoms with E-state index < -0.39 is 0 Å². The van der Waals surface area contributed by atoms with Crippen molar-refractivity contribution < 1.29 is 14.4 Å². The molecule has 2 aromatic heterocycles. The van der Waals surface area contributed by atoms with Gasteiger partial charge in [0.2, 0.25) is 0 Å². The number of methoxy groups -OCH3 is 1. The Kier molecular flexibility index (Phi) is 6.26. The summed E-state index contributed by atoms with van der Waals surface area (Å²) in [5.41, 5.74) is 1.95. The molecule has 0 bridgehead atoms. The summed E-state index contributed by atoms with van der Waals surface area (Å²) in [7, 11) is 5.80. The molecule has 3 aromatic rings. The molecule has 0 saturated heterocycles. The van der Waals surface area contributed by atoms with Gasteiger partial charge in [-0.05, 0) is 36.1 Å². The van der Waals surface area contributed by atoms with Crippen molar-refractivity contribution in [2.45, 2.75) is 6.92 Å². The maximum atomic E-state index is 12.9. The van der Waals surface area contributed by atoms with Crippen LogP contribution in [0.15, 0.2) is 35.7 Å². The predicted octanol–water partition coefficient (Wildman–Crippen LogP) is 2.87. The molecule has 0 aliphatic carbocycles. The van der Waals surface area contributed by atoms with Crippen molar-refractivity contribution in [1.29, 1.82) is 0 Å². The molecule has 1 amide bonds. The zero-order valence-electron chi connectivity index (χ0n) is 16.0. The Morgan fingerprint density at radius 3 is 2.81 bits per heavy atom. The summed E-state index contributed by atoms with van der Waals surface area (Å²) in [5.74, 6) is 0.679. The monoisotopic (exact) mass is 402 g/mol. The van der Waals surface area contributed by atoms with Gasteiger partial charge < -0.3 is 9.64 Å². The van der Waals surface area contributed by atoms with Crippen molar-refractivity contribution in [1.82, 2.24) is 4.98 Å². The zero-order chi connectivity index (χ0) is 19.4. The lowest BCUT2D eigenvalue weighted by molar-refractivity contribution is -0.856. The third-order valence-electron chi connectivity index (χ3n) is 4.18. The second-order valence-corrected chi connectivity index (χ2v) is 8.51. The Morgan fingerprint density at radius 2 is 2.15 bits per heavy atom. The molecule has 1 N–H and O–H groups in total. The van der Waals surface area contributed by atoms with E-state index in [-0.39, 0.29) is 5.91 Å². The van der Waals surface area contributed by atoms with E-state index >= 15 is 0 Å². The Bertz CT molecular complexity index is 946. The number of ether oxygens (including phenoxy) is 1. The van der Waals surface area contributed by atoms with Gasteiger partial charge in [-0.3, -0.25) is 9.69 Å². The smallest absolute Gasteiger partial charge is 0.253 e. The minimum atomic E-state index is -0.0553. The van der Waals surface area contributed by atoms with Crippen LogP contribution in [0.25, 0.3) is 16.3 Å². The number of quaternary nitrogens is 1. The second-order valence-electron chi connectivity index (χ2n) is 6.55. The normalized spacial score (nSPS) is 11.6. The number of likely N-dealkylation sites (N-methyl/N-ethyl adjacent to an activating group) is 1. The third-order valence-corrected chi connectivity index (χ3v) is 6.23. The highest BCUT2D eigenvalue weighted by Gasteiger charge is 2.21. The lowest BCUT2D eigenvalue weighted by Gasteiger charge is -2.19. The van der Waals surface area contributed by atoms with Crippen LogP contribution in [-0.2, 0) is 4.79 Å². The van der Waals surface area contributed by atoms with Crippen LogP contribution in [0.2, 0.25) is 0 Å². The molecular weight excluding hydrogens is 378 g/mol. The molecule has 142 valence electrons. The van der Waals surface area contributed by atoms with E-state index in [2.05, 4.69) is 21.0 Å². The summed E-state index contributed by atoms with van der Waals surface area (Å²) >= 11 is 3.15. The first-order valence-electron chi connectivity index (χ1n) is 8.76. The first-order valence-corrected chi connectivity index (χ1v) is 10.5. The number of nitrogens with one attached hydrogen (secondary N) is 1. The van der Waals surface area contributed by atoms with Crippen LogP contribution in [0.4, 0.5) is 5.13 Å². The number of fused-ring (bicyclic) bond motifs is 1. The van der Waals surface area contributed by atoms with Crippen molar-refractivity contribution in [3.05, 3.63) is 46.2 Å². The van der Waals surface area contributed by atoms with Crippen LogP contribution in [-0.4, -0.2) is 45.2 Å². The first-order chi connectivity index (χ1) is 13.0. The molecule has 0 unspecified atom stereocenters. The Hall–Kier alpha value is -2.22. The van der Waals surface area contributed by atoms with Gasteiger partial charge in [0.05, 0.1) is 39.0 Å². The molecule has 1 aromatic carbocycles. The highest BCUT2D eigenvalue weighted by molar-refractivity contribution is 7.22. The number of anilines is 1. The molecule has 5 nitrogen and oxygen atoms in total. The van der Waals surface area contributed by atoms with E-state index in [0.717, 1.165) is 33.0 Å². The van der Waals surface area contributed by atoms with Crippen LogP contribution >= 0.6 is 22.7 Å². The fraction of sp³-hybridized carbons (Fsp3) is 0.300. The topological polar surface area (TPSA) is 46.9 Å². The molecule has 0 fully saturated rings. The van der Waals surface area contributed by atoms with Gasteiger partial charge in [0.15, 0.2) is 5.13 Å². The Balaban J connectivity index is 1.96. The SMILES string of the molecule is COc1ccc(C)c2sc(N(CC[NH+](C)C)C(=O)/C=C/c3cccs3)nc12. The quantitative estimate of drug-likeness (QED) is 0.618. The minimum Gasteiger partial charge on any atom is -0.494 e. The van der Waals surface area contributed by atoms with E-state index in [1.165, 1.54) is 16.2 Å². The van der Waals surface area contributed by atoms with Gasteiger partial charge in [-0.15, -0.1) is 11.3 Å². The molecule has 0 aliphatic rings. The van der Waals surface area contributed by atoms with Crippen molar-refractivity contribution in [3.63, 3.8) is 0 Å². The van der Waals surface area contributed by atoms with Crippen molar-refractivity contribution >= 4 is 50.0 Å². The summed E-state index contributed by atoms with van der Waals surface area (Å²) in [5, 5.41) is 2.71. The van der Waals surface area contributed by atoms with Crippen LogP contribution in [0, 0.1) is 6.92 Å². The lowest BCUT2D eigenvalue weighted by atomic mass is 10.2. The lowest BCUT2D eigenvalue weighted by Crippen LogP contribution is -3.06. The molecule has 0 atom stereocenters. The fourth-order valence-corrected chi connectivity index (χ4v) is 4.34. The highest BCUT2D eigenvalue weighted by Crippen LogP contribution is 2.36. The number of carbonyl (C=O) groups is 1. The van der Waals surface area contributed by atoms with E-state index in [0.29, 0.717) is 11.7 Å². The standard InChI is InChI=1S/C20H23N3O2S2/c1-14-7-9-16(25-4)18-19(14)27-20(21-18)23(12-11-22(2)3)17(24)10-8-15-6-5-13-26-15/h5-10,13H,11-12H2,1-4H3/p+1/b10-8+. The predicted molar refractivity (Wildman–Crippen MR) is 114 cm³/mol. The average Bonchev–Trinajstić information content (AvgIpc) is 3.30. The van der Waals surface area contributed by atoms with Crippen molar-refractivity contribution in [3.8, 4) is 5.75 Å². The number of carbonyl (C=O) groups excluding carboxylic acids is 1. The van der Waals surface area contributed by atoms with Crippen LogP contribution < -0.4 is 14.5 Å². The van der Waals surface area contributed by atoms with Crippen molar-refractivity contribution in [2.75, 3.05) is 39.2 Å². The van der Waals surface area contributed by atoms with E-state index in [1.807, 2.05) is 35.7 Å². The zero-order valence-corrected chi connectivity index (χ0v) is 17.6. The van der Waals surface area contributed by atoms with E-state index in [9.17, 15) is 4.79 Å². The molecule has 3 rings (SSSR count). The minimum absolute atomic E-state index is 0.0553. The van der Waals surface area contributed by atoms with Gasteiger partial charge in [-0.1, -0.05) is 23.5 Å². The first kappa shape index (κ1) is 19.5. The maximum absolute atomic E-state index is 12.9. The van der Waals surface area contributed by atoms with Crippen molar-refractivity contribution in [2.24, 2.45) is 0 Å². The number of benzene rings is 1. The molecule has 0 radical (unpaired) electrons. The maximum Gasteiger partial charge on any atom is 0.253 e. The molecule has 2 heterocycles. The summed E-state index contributed by atoms with van der Waals surface area (Å²) < 4.78 is 6.51.